The van der Waals surface area contributed by atoms with Crippen LogP contribution in [0, 0.1) is 11.3 Å². The lowest BCUT2D eigenvalue weighted by Crippen LogP contribution is -2.60. The molecular weight excluding hydrogens is 472 g/mol. The van der Waals surface area contributed by atoms with Gasteiger partial charge < -0.3 is 10.0 Å². The molecule has 3 N–H and O–H groups in total. The summed E-state index contributed by atoms with van der Waals surface area (Å²) in [4.78, 5) is 20.1. The first kappa shape index (κ1) is 27.1. The van der Waals surface area contributed by atoms with Crippen LogP contribution in [0.15, 0.2) is 54.6 Å². The number of amides is 1. The second-order valence-electron chi connectivity index (χ2n) is 11.4. The van der Waals surface area contributed by atoms with E-state index in [2.05, 4.69) is 73.0 Å². The topological polar surface area (TPSA) is 73.0 Å². The third kappa shape index (κ3) is 6.48. The fourth-order valence-electron chi connectivity index (χ4n) is 5.76. The average Bonchev–Trinajstić information content (AvgIpc) is 2.86. The highest BCUT2D eigenvalue weighted by molar-refractivity contribution is 6.30. The minimum atomic E-state index is -0.904. The molecule has 2 aliphatic rings. The molecule has 3 unspecified atom stereocenters. The van der Waals surface area contributed by atoms with Gasteiger partial charge in [-0.3, -0.25) is 20.3 Å². The number of hydrogen-bond donors (Lipinski definition) is 2. The van der Waals surface area contributed by atoms with Gasteiger partial charge in [-0.05, 0) is 47.4 Å². The standard InChI is InChI=1S/C29H41ClN4O2/c1-29(2,3)25-20-33(27(22-7-5-4-6-8-22)23-9-11-24(30)12-10-23)17-18-34(25)26(35)19-21-13-15-32(16-14-21)28(31)36/h4-12,21,25,27-28,36H,13-20,31H2,1-3H3. The van der Waals surface area contributed by atoms with E-state index < -0.39 is 6.35 Å². The van der Waals surface area contributed by atoms with Gasteiger partial charge in [0.05, 0.1) is 6.04 Å². The summed E-state index contributed by atoms with van der Waals surface area (Å²) in [5, 5.41) is 10.4. The summed E-state index contributed by atoms with van der Waals surface area (Å²) in [5.74, 6) is 0.598. The van der Waals surface area contributed by atoms with Crippen LogP contribution >= 0.6 is 11.6 Å². The van der Waals surface area contributed by atoms with E-state index in [0.717, 1.165) is 50.6 Å². The van der Waals surface area contributed by atoms with E-state index in [1.54, 1.807) is 0 Å². The molecule has 196 valence electrons. The van der Waals surface area contributed by atoms with Gasteiger partial charge in [0, 0.05) is 50.2 Å². The van der Waals surface area contributed by atoms with E-state index in [9.17, 15) is 9.90 Å². The van der Waals surface area contributed by atoms with E-state index in [1.807, 2.05) is 17.0 Å². The molecule has 0 radical (unpaired) electrons. The third-order valence-corrected chi connectivity index (χ3v) is 8.14. The van der Waals surface area contributed by atoms with E-state index >= 15 is 0 Å². The van der Waals surface area contributed by atoms with Crippen molar-refractivity contribution in [1.29, 1.82) is 0 Å². The summed E-state index contributed by atoms with van der Waals surface area (Å²) in [7, 11) is 0. The number of aliphatic hydroxyl groups is 1. The molecule has 0 saturated carbocycles. The number of piperidine rings is 1. The van der Waals surface area contributed by atoms with Crippen LogP contribution in [-0.2, 0) is 4.79 Å². The zero-order chi connectivity index (χ0) is 25.9. The number of halogens is 1. The number of nitrogens with zero attached hydrogens (tertiary/aromatic N) is 3. The van der Waals surface area contributed by atoms with Crippen molar-refractivity contribution in [2.75, 3.05) is 32.7 Å². The largest absolute Gasteiger partial charge is 0.365 e. The number of likely N-dealkylation sites (tertiary alicyclic amines) is 1. The maximum absolute atomic E-state index is 13.6. The maximum Gasteiger partial charge on any atom is 0.223 e. The Hall–Kier alpha value is -1.96. The Morgan fingerprint density at radius 1 is 0.972 bits per heavy atom. The third-order valence-electron chi connectivity index (χ3n) is 7.88. The lowest BCUT2D eigenvalue weighted by atomic mass is 9.82. The molecule has 2 saturated heterocycles. The van der Waals surface area contributed by atoms with Crippen molar-refractivity contribution in [2.24, 2.45) is 17.1 Å². The molecule has 2 fully saturated rings. The summed E-state index contributed by atoms with van der Waals surface area (Å²) in [6.07, 6.45) is 1.46. The van der Waals surface area contributed by atoms with Crippen LogP contribution < -0.4 is 5.73 Å². The van der Waals surface area contributed by atoms with Gasteiger partial charge in [0.25, 0.3) is 0 Å². The number of rotatable bonds is 6. The van der Waals surface area contributed by atoms with Crippen LogP contribution in [0.1, 0.15) is 57.2 Å². The number of aliphatic hydroxyl groups excluding tert-OH is 1. The van der Waals surface area contributed by atoms with E-state index in [1.165, 1.54) is 11.1 Å². The van der Waals surface area contributed by atoms with Crippen LogP contribution in [0.4, 0.5) is 0 Å². The van der Waals surface area contributed by atoms with Gasteiger partial charge in [0.2, 0.25) is 5.91 Å². The predicted molar refractivity (Wildman–Crippen MR) is 145 cm³/mol. The molecule has 0 aliphatic carbocycles. The fourth-order valence-corrected chi connectivity index (χ4v) is 5.88. The Morgan fingerprint density at radius 2 is 1.58 bits per heavy atom. The minimum Gasteiger partial charge on any atom is -0.365 e. The fraction of sp³-hybridized carbons (Fsp3) is 0.552. The van der Waals surface area contributed by atoms with Gasteiger partial charge in [0.15, 0.2) is 6.35 Å². The monoisotopic (exact) mass is 512 g/mol. The van der Waals surface area contributed by atoms with Crippen LogP contribution in [0.3, 0.4) is 0 Å². The van der Waals surface area contributed by atoms with Gasteiger partial charge >= 0.3 is 0 Å². The van der Waals surface area contributed by atoms with E-state index in [-0.39, 0.29) is 23.4 Å². The molecule has 2 aromatic rings. The Morgan fingerprint density at radius 3 is 2.17 bits per heavy atom. The SMILES string of the molecule is CC(C)(C)C1CN(C(c2ccccc2)c2ccc(Cl)cc2)CCN1C(=O)CC1CCN(C(N)O)CC1. The highest BCUT2D eigenvalue weighted by atomic mass is 35.5. The lowest BCUT2D eigenvalue weighted by Gasteiger charge is -2.50. The van der Waals surface area contributed by atoms with Crippen molar-refractivity contribution in [3.05, 3.63) is 70.7 Å². The van der Waals surface area contributed by atoms with Crippen molar-refractivity contribution < 1.29 is 9.90 Å². The number of carbonyl (C=O) groups excluding carboxylic acids is 1. The van der Waals surface area contributed by atoms with Gasteiger partial charge in [0.1, 0.15) is 0 Å². The molecule has 2 aliphatic heterocycles. The van der Waals surface area contributed by atoms with Gasteiger partial charge in [-0.15, -0.1) is 0 Å². The van der Waals surface area contributed by atoms with Crippen LogP contribution in [0.5, 0.6) is 0 Å². The van der Waals surface area contributed by atoms with Crippen LogP contribution in [-0.4, -0.2) is 70.8 Å². The molecule has 2 heterocycles. The highest BCUT2D eigenvalue weighted by Gasteiger charge is 2.40. The molecule has 7 heteroatoms. The van der Waals surface area contributed by atoms with Crippen LogP contribution in [0.25, 0.3) is 0 Å². The van der Waals surface area contributed by atoms with Gasteiger partial charge in [-0.2, -0.15) is 0 Å². The first-order valence-electron chi connectivity index (χ1n) is 13.1. The Kier molecular flexibility index (Phi) is 8.74. The second-order valence-corrected chi connectivity index (χ2v) is 11.9. The molecule has 4 rings (SSSR count). The van der Waals surface area contributed by atoms with Crippen molar-refractivity contribution in [1.82, 2.24) is 14.7 Å². The molecule has 0 aromatic heterocycles. The number of piperazine rings is 1. The Bertz CT molecular complexity index is 985. The quantitative estimate of drug-likeness (QED) is 0.564. The molecule has 6 nitrogen and oxygen atoms in total. The smallest absolute Gasteiger partial charge is 0.223 e. The van der Waals surface area contributed by atoms with Crippen molar-refractivity contribution >= 4 is 17.5 Å². The maximum atomic E-state index is 13.6. The summed E-state index contributed by atoms with van der Waals surface area (Å²) >= 11 is 6.21. The first-order valence-corrected chi connectivity index (χ1v) is 13.5. The minimum absolute atomic E-state index is 0.0530. The van der Waals surface area contributed by atoms with Gasteiger partial charge in [-0.25, -0.2) is 0 Å². The number of nitrogens with two attached hydrogens (primary N) is 1. The number of hydrogen-bond acceptors (Lipinski definition) is 5. The molecular formula is C29H41ClN4O2. The highest BCUT2D eigenvalue weighted by Crippen LogP contribution is 2.36. The summed E-state index contributed by atoms with van der Waals surface area (Å²) < 4.78 is 0. The molecule has 0 spiro atoms. The normalized spacial score (nSPS) is 22.4. The molecule has 1 amide bonds. The second kappa shape index (κ2) is 11.6. The van der Waals surface area contributed by atoms with Crippen molar-refractivity contribution in [3.63, 3.8) is 0 Å². The predicted octanol–water partition coefficient (Wildman–Crippen LogP) is 4.33. The van der Waals surface area contributed by atoms with Gasteiger partial charge in [-0.1, -0.05) is 74.8 Å². The number of benzene rings is 2. The Labute approximate surface area is 221 Å². The average molecular weight is 513 g/mol. The number of carbonyl (C=O) groups is 1. The zero-order valence-corrected chi connectivity index (χ0v) is 22.6. The zero-order valence-electron chi connectivity index (χ0n) is 21.8. The summed E-state index contributed by atoms with van der Waals surface area (Å²) in [6.45, 7) is 10.6. The van der Waals surface area contributed by atoms with Crippen LogP contribution in [0.2, 0.25) is 5.02 Å². The van der Waals surface area contributed by atoms with Crippen molar-refractivity contribution in [3.8, 4) is 0 Å². The lowest BCUT2D eigenvalue weighted by molar-refractivity contribution is -0.141. The van der Waals surface area contributed by atoms with E-state index in [4.69, 9.17) is 17.3 Å². The Balaban J connectivity index is 1.51. The molecule has 0 bridgehead atoms. The van der Waals surface area contributed by atoms with E-state index in [0.29, 0.717) is 12.3 Å². The first-order chi connectivity index (χ1) is 17.1. The summed E-state index contributed by atoms with van der Waals surface area (Å²) in [6, 6.07) is 19.0. The van der Waals surface area contributed by atoms with Crippen molar-refractivity contribution in [2.45, 2.75) is 58.5 Å². The molecule has 3 atom stereocenters. The summed E-state index contributed by atoms with van der Waals surface area (Å²) in [5.41, 5.74) is 8.03. The molecule has 36 heavy (non-hydrogen) atoms. The molecule has 2 aromatic carbocycles.